The molecule has 0 saturated carbocycles. The van der Waals surface area contributed by atoms with Crippen LogP contribution in [-0.2, 0) is 0 Å². The first-order valence-corrected chi connectivity index (χ1v) is 7.66. The lowest BCUT2D eigenvalue weighted by Crippen LogP contribution is -2.24. The van der Waals surface area contributed by atoms with Crippen molar-refractivity contribution in [3.8, 4) is 0 Å². The number of rotatable bonds is 5. The SMILES string of the molecule is C[C@@H](NCC(O)c1cccc(Br)c1)c1cccc(Cl)c1. The smallest absolute Gasteiger partial charge is 0.0914 e. The van der Waals surface area contributed by atoms with Crippen molar-refractivity contribution in [2.75, 3.05) is 6.54 Å². The lowest BCUT2D eigenvalue weighted by Gasteiger charge is -2.18. The molecular formula is C16H17BrClNO. The zero-order valence-corrected chi connectivity index (χ0v) is 13.5. The number of nitrogens with one attached hydrogen (secondary N) is 1. The quantitative estimate of drug-likeness (QED) is 0.829. The summed E-state index contributed by atoms with van der Waals surface area (Å²) in [6.45, 7) is 2.55. The second-order valence-electron chi connectivity index (χ2n) is 4.76. The average molecular weight is 355 g/mol. The molecule has 0 radical (unpaired) electrons. The van der Waals surface area contributed by atoms with E-state index in [1.54, 1.807) is 0 Å². The summed E-state index contributed by atoms with van der Waals surface area (Å²) in [6.07, 6.45) is -0.533. The normalized spacial score (nSPS) is 14.0. The van der Waals surface area contributed by atoms with Crippen LogP contribution in [0.2, 0.25) is 5.02 Å². The molecule has 2 N–H and O–H groups in total. The number of hydrogen-bond donors (Lipinski definition) is 2. The molecule has 0 bridgehead atoms. The van der Waals surface area contributed by atoms with E-state index < -0.39 is 6.10 Å². The van der Waals surface area contributed by atoms with Crippen molar-refractivity contribution in [2.24, 2.45) is 0 Å². The Balaban J connectivity index is 1.94. The van der Waals surface area contributed by atoms with Crippen LogP contribution >= 0.6 is 27.5 Å². The molecule has 0 heterocycles. The Morgan fingerprint density at radius 1 is 1.15 bits per heavy atom. The standard InChI is InChI=1S/C16H17BrClNO/c1-11(12-4-3-7-15(18)9-12)19-10-16(20)13-5-2-6-14(17)8-13/h2-9,11,16,19-20H,10H2,1H3/t11-,16?/m1/s1. The summed E-state index contributed by atoms with van der Waals surface area (Å²) in [7, 11) is 0. The van der Waals surface area contributed by atoms with E-state index in [2.05, 4.69) is 28.2 Å². The summed E-state index contributed by atoms with van der Waals surface area (Å²) in [6, 6.07) is 15.6. The monoisotopic (exact) mass is 353 g/mol. The van der Waals surface area contributed by atoms with Crippen LogP contribution in [0.3, 0.4) is 0 Å². The van der Waals surface area contributed by atoms with E-state index in [1.165, 1.54) is 0 Å². The Hall–Kier alpha value is -0.870. The summed E-state index contributed by atoms with van der Waals surface area (Å²) in [5, 5.41) is 14.2. The summed E-state index contributed by atoms with van der Waals surface area (Å²) in [5.41, 5.74) is 2.00. The molecule has 0 saturated heterocycles. The van der Waals surface area contributed by atoms with E-state index in [4.69, 9.17) is 11.6 Å². The zero-order chi connectivity index (χ0) is 14.5. The van der Waals surface area contributed by atoms with Crippen molar-refractivity contribution >= 4 is 27.5 Å². The molecule has 2 nitrogen and oxygen atoms in total. The average Bonchev–Trinajstić information content (AvgIpc) is 2.44. The van der Waals surface area contributed by atoms with Gasteiger partial charge in [-0.25, -0.2) is 0 Å². The fourth-order valence-electron chi connectivity index (χ4n) is 2.01. The first-order chi connectivity index (χ1) is 9.56. The molecule has 0 fully saturated rings. The van der Waals surface area contributed by atoms with Gasteiger partial charge in [0.1, 0.15) is 0 Å². The van der Waals surface area contributed by atoms with Crippen LogP contribution in [0.5, 0.6) is 0 Å². The summed E-state index contributed by atoms with van der Waals surface area (Å²) in [4.78, 5) is 0. The maximum atomic E-state index is 10.2. The summed E-state index contributed by atoms with van der Waals surface area (Å²) >= 11 is 9.39. The minimum atomic E-state index is -0.533. The van der Waals surface area contributed by atoms with E-state index in [0.29, 0.717) is 6.54 Å². The van der Waals surface area contributed by atoms with Crippen LogP contribution in [0.4, 0.5) is 0 Å². The third-order valence-corrected chi connectivity index (χ3v) is 3.93. The number of halogens is 2. The van der Waals surface area contributed by atoms with Crippen molar-refractivity contribution in [2.45, 2.75) is 19.1 Å². The van der Waals surface area contributed by atoms with Crippen LogP contribution in [-0.4, -0.2) is 11.7 Å². The van der Waals surface area contributed by atoms with Gasteiger partial charge >= 0.3 is 0 Å². The van der Waals surface area contributed by atoms with Gasteiger partial charge in [-0.15, -0.1) is 0 Å². The number of benzene rings is 2. The second-order valence-corrected chi connectivity index (χ2v) is 6.11. The molecule has 0 aliphatic carbocycles. The highest BCUT2D eigenvalue weighted by Gasteiger charge is 2.11. The molecule has 0 spiro atoms. The van der Waals surface area contributed by atoms with Gasteiger partial charge in [-0.1, -0.05) is 51.8 Å². The maximum Gasteiger partial charge on any atom is 0.0914 e. The van der Waals surface area contributed by atoms with Crippen molar-refractivity contribution in [1.82, 2.24) is 5.32 Å². The van der Waals surface area contributed by atoms with E-state index in [0.717, 1.165) is 20.6 Å². The van der Waals surface area contributed by atoms with Crippen molar-refractivity contribution in [1.29, 1.82) is 0 Å². The molecule has 20 heavy (non-hydrogen) atoms. The van der Waals surface area contributed by atoms with Gasteiger partial charge in [-0.3, -0.25) is 0 Å². The fourth-order valence-corrected chi connectivity index (χ4v) is 2.63. The highest BCUT2D eigenvalue weighted by atomic mass is 79.9. The number of aliphatic hydroxyl groups is 1. The van der Waals surface area contributed by atoms with Gasteiger partial charge in [-0.2, -0.15) is 0 Å². The molecule has 4 heteroatoms. The van der Waals surface area contributed by atoms with Crippen molar-refractivity contribution in [3.05, 3.63) is 69.2 Å². The summed E-state index contributed by atoms with van der Waals surface area (Å²) in [5.74, 6) is 0. The van der Waals surface area contributed by atoms with Crippen molar-refractivity contribution in [3.63, 3.8) is 0 Å². The lowest BCUT2D eigenvalue weighted by molar-refractivity contribution is 0.170. The molecule has 2 aromatic carbocycles. The van der Waals surface area contributed by atoms with Crippen LogP contribution in [0.15, 0.2) is 53.0 Å². The largest absolute Gasteiger partial charge is 0.387 e. The van der Waals surface area contributed by atoms with Crippen molar-refractivity contribution < 1.29 is 5.11 Å². The molecule has 0 aliphatic rings. The number of hydrogen-bond acceptors (Lipinski definition) is 2. The predicted molar refractivity (Wildman–Crippen MR) is 87.0 cm³/mol. The van der Waals surface area contributed by atoms with Gasteiger partial charge in [0.2, 0.25) is 0 Å². The molecule has 0 amide bonds. The molecule has 106 valence electrons. The third kappa shape index (κ3) is 4.32. The van der Waals surface area contributed by atoms with Gasteiger partial charge < -0.3 is 10.4 Å². The van der Waals surface area contributed by atoms with E-state index in [-0.39, 0.29) is 6.04 Å². The molecule has 1 unspecified atom stereocenters. The predicted octanol–water partition coefficient (Wildman–Crippen LogP) is 4.49. The van der Waals surface area contributed by atoms with Crippen LogP contribution in [0, 0.1) is 0 Å². The van der Waals surface area contributed by atoms with Gasteiger partial charge in [0.25, 0.3) is 0 Å². The minimum Gasteiger partial charge on any atom is -0.387 e. The third-order valence-electron chi connectivity index (χ3n) is 3.20. The highest BCUT2D eigenvalue weighted by Crippen LogP contribution is 2.20. The first-order valence-electron chi connectivity index (χ1n) is 6.48. The van der Waals surface area contributed by atoms with E-state index in [1.807, 2.05) is 48.5 Å². The molecule has 0 aliphatic heterocycles. The fraction of sp³-hybridized carbons (Fsp3) is 0.250. The van der Waals surface area contributed by atoms with E-state index >= 15 is 0 Å². The first kappa shape index (κ1) is 15.5. The van der Waals surface area contributed by atoms with Crippen LogP contribution < -0.4 is 5.32 Å². The topological polar surface area (TPSA) is 32.3 Å². The van der Waals surface area contributed by atoms with Gasteiger partial charge in [-0.05, 0) is 42.3 Å². The van der Waals surface area contributed by atoms with Gasteiger partial charge in [0.15, 0.2) is 0 Å². The second kappa shape index (κ2) is 7.23. The molecular weight excluding hydrogens is 338 g/mol. The van der Waals surface area contributed by atoms with Crippen LogP contribution in [0.1, 0.15) is 30.2 Å². The molecule has 0 aromatic heterocycles. The van der Waals surface area contributed by atoms with Gasteiger partial charge in [0, 0.05) is 22.1 Å². The Labute approximate surface area is 132 Å². The lowest BCUT2D eigenvalue weighted by atomic mass is 10.1. The number of aliphatic hydroxyl groups excluding tert-OH is 1. The zero-order valence-electron chi connectivity index (χ0n) is 11.2. The summed E-state index contributed by atoms with van der Waals surface area (Å²) < 4.78 is 0.969. The Morgan fingerprint density at radius 2 is 1.85 bits per heavy atom. The molecule has 2 rings (SSSR count). The maximum absolute atomic E-state index is 10.2. The van der Waals surface area contributed by atoms with E-state index in [9.17, 15) is 5.11 Å². The highest BCUT2D eigenvalue weighted by molar-refractivity contribution is 9.10. The minimum absolute atomic E-state index is 0.135. The Kier molecular flexibility index (Phi) is 5.61. The molecule has 2 atom stereocenters. The van der Waals surface area contributed by atoms with Crippen LogP contribution in [0.25, 0.3) is 0 Å². The van der Waals surface area contributed by atoms with Gasteiger partial charge in [0.05, 0.1) is 6.10 Å². The molecule has 2 aromatic rings. The Morgan fingerprint density at radius 3 is 2.55 bits per heavy atom. The Bertz CT molecular complexity index is 524.